The summed E-state index contributed by atoms with van der Waals surface area (Å²) in [5.74, 6) is -3.94. The zero-order valence-corrected chi connectivity index (χ0v) is 9.89. The van der Waals surface area contributed by atoms with Crippen molar-refractivity contribution in [3.8, 4) is 12.5 Å². The Morgan fingerprint density at radius 3 is 1.94 bits per heavy atom. The Labute approximate surface area is 99.2 Å². The van der Waals surface area contributed by atoms with E-state index < -0.39 is 29.6 Å². The predicted molar refractivity (Wildman–Crippen MR) is 58.5 cm³/mol. The molecule has 1 heterocycles. The quantitative estimate of drug-likeness (QED) is 0.501. The molecular formula is C12H13NO4. The molecule has 0 spiro atoms. The molecule has 0 saturated carbocycles. The van der Waals surface area contributed by atoms with Crippen LogP contribution in [0.25, 0.3) is 0 Å². The van der Waals surface area contributed by atoms with Crippen LogP contribution >= 0.6 is 0 Å². The number of terminal acetylenes is 1. The molecule has 5 nitrogen and oxygen atoms in total. The molecule has 0 aromatic heterocycles. The van der Waals surface area contributed by atoms with Crippen LogP contribution in [0, 0.1) is 24.3 Å². The smallest absolute Gasteiger partial charge is 0.246 e. The molecule has 90 valence electrons. The van der Waals surface area contributed by atoms with E-state index in [1.807, 2.05) is 0 Å². The van der Waals surface area contributed by atoms with Crippen molar-refractivity contribution in [2.75, 3.05) is 0 Å². The second kappa shape index (κ2) is 4.50. The van der Waals surface area contributed by atoms with Gasteiger partial charge in [-0.25, -0.2) is 0 Å². The molecular weight excluding hydrogens is 222 g/mol. The number of hydrogen-bond donors (Lipinski definition) is 0. The van der Waals surface area contributed by atoms with Gasteiger partial charge in [0.2, 0.25) is 5.91 Å². The number of carbonyl (C=O) groups excluding carboxylic acids is 4. The molecule has 0 aromatic rings. The average Bonchev–Trinajstić information content (AvgIpc) is 2.50. The number of hydrogen-bond acceptors (Lipinski definition) is 4. The van der Waals surface area contributed by atoms with Crippen LogP contribution in [-0.4, -0.2) is 34.2 Å². The highest BCUT2D eigenvalue weighted by Gasteiger charge is 2.53. The Hall–Kier alpha value is -1.96. The van der Waals surface area contributed by atoms with Crippen molar-refractivity contribution >= 4 is 23.3 Å². The summed E-state index contributed by atoms with van der Waals surface area (Å²) in [7, 11) is 0. The summed E-state index contributed by atoms with van der Waals surface area (Å²) >= 11 is 0. The SMILES string of the molecule is C#CN1C(=O)C(C(C)=O)C(C(C)=O)C1C(C)=O. The summed E-state index contributed by atoms with van der Waals surface area (Å²) in [6.07, 6.45) is 5.16. The second-order valence-electron chi connectivity index (χ2n) is 4.12. The molecule has 1 amide bonds. The molecule has 0 radical (unpaired) electrons. The lowest BCUT2D eigenvalue weighted by atomic mass is 9.83. The Balaban J connectivity index is 3.33. The van der Waals surface area contributed by atoms with E-state index in [9.17, 15) is 19.2 Å². The van der Waals surface area contributed by atoms with E-state index in [0.717, 1.165) is 4.90 Å². The standard InChI is InChI=1S/C12H13NO4/c1-5-13-11(8(4)16)9(6(2)14)10(7(3)15)12(13)17/h1,9-11H,2-4H3. The summed E-state index contributed by atoms with van der Waals surface area (Å²) in [5, 5.41) is 0. The topological polar surface area (TPSA) is 71.5 Å². The van der Waals surface area contributed by atoms with Crippen molar-refractivity contribution in [2.45, 2.75) is 26.8 Å². The number of likely N-dealkylation sites (tertiary alicyclic amines) is 1. The fourth-order valence-corrected chi connectivity index (χ4v) is 2.25. The largest absolute Gasteiger partial charge is 0.300 e. The highest BCUT2D eigenvalue weighted by molar-refractivity contribution is 6.11. The van der Waals surface area contributed by atoms with E-state index in [4.69, 9.17) is 6.42 Å². The molecule has 0 aliphatic carbocycles. The maximum Gasteiger partial charge on any atom is 0.246 e. The second-order valence-corrected chi connectivity index (χ2v) is 4.12. The highest BCUT2D eigenvalue weighted by atomic mass is 16.2. The molecule has 3 atom stereocenters. The summed E-state index contributed by atoms with van der Waals surface area (Å²) in [5.41, 5.74) is 0. The molecule has 17 heavy (non-hydrogen) atoms. The number of ketones is 3. The molecule has 1 aliphatic rings. The molecule has 0 bridgehead atoms. The summed E-state index contributed by atoms with van der Waals surface area (Å²) in [6, 6.07) is 1.06. The first-order chi connectivity index (χ1) is 7.82. The van der Waals surface area contributed by atoms with E-state index in [1.54, 1.807) is 0 Å². The third-order valence-corrected chi connectivity index (χ3v) is 2.94. The van der Waals surface area contributed by atoms with E-state index in [-0.39, 0.29) is 11.6 Å². The Bertz CT molecular complexity index is 446. The number of amides is 1. The number of rotatable bonds is 3. The van der Waals surface area contributed by atoms with Gasteiger partial charge in [0, 0.05) is 6.04 Å². The minimum Gasteiger partial charge on any atom is -0.300 e. The Morgan fingerprint density at radius 2 is 1.65 bits per heavy atom. The third-order valence-electron chi connectivity index (χ3n) is 2.94. The van der Waals surface area contributed by atoms with Gasteiger partial charge in [0.1, 0.15) is 23.5 Å². The summed E-state index contributed by atoms with van der Waals surface area (Å²) in [4.78, 5) is 47.2. The van der Waals surface area contributed by atoms with Crippen molar-refractivity contribution in [2.24, 2.45) is 11.8 Å². The van der Waals surface area contributed by atoms with Gasteiger partial charge < -0.3 is 0 Å². The monoisotopic (exact) mass is 235 g/mol. The van der Waals surface area contributed by atoms with Crippen LogP contribution in [-0.2, 0) is 19.2 Å². The lowest BCUT2D eigenvalue weighted by Gasteiger charge is -2.19. The number of carbonyl (C=O) groups is 4. The van der Waals surface area contributed by atoms with Crippen molar-refractivity contribution < 1.29 is 19.2 Å². The van der Waals surface area contributed by atoms with E-state index in [0.29, 0.717) is 0 Å². The Kier molecular flexibility index (Phi) is 3.47. The molecule has 1 rings (SSSR count). The van der Waals surface area contributed by atoms with Crippen LogP contribution in [0.5, 0.6) is 0 Å². The van der Waals surface area contributed by atoms with Gasteiger partial charge in [-0.2, -0.15) is 0 Å². The zero-order valence-electron chi connectivity index (χ0n) is 9.89. The maximum atomic E-state index is 11.9. The van der Waals surface area contributed by atoms with Gasteiger partial charge in [0.15, 0.2) is 5.78 Å². The minimum absolute atomic E-state index is 0.378. The molecule has 0 aromatic carbocycles. The highest BCUT2D eigenvalue weighted by Crippen LogP contribution is 2.32. The molecule has 0 N–H and O–H groups in total. The number of Topliss-reactive ketones (excluding diaryl/α,β-unsaturated/α-hetero) is 3. The van der Waals surface area contributed by atoms with E-state index >= 15 is 0 Å². The first-order valence-corrected chi connectivity index (χ1v) is 5.13. The molecule has 1 fully saturated rings. The van der Waals surface area contributed by atoms with Crippen molar-refractivity contribution in [1.29, 1.82) is 0 Å². The Morgan fingerprint density at radius 1 is 1.12 bits per heavy atom. The van der Waals surface area contributed by atoms with Crippen LogP contribution in [0.15, 0.2) is 0 Å². The molecule has 5 heteroatoms. The van der Waals surface area contributed by atoms with Gasteiger partial charge in [0.05, 0.1) is 5.92 Å². The summed E-state index contributed by atoms with van der Waals surface area (Å²) in [6.45, 7) is 3.72. The summed E-state index contributed by atoms with van der Waals surface area (Å²) < 4.78 is 0. The van der Waals surface area contributed by atoms with Gasteiger partial charge >= 0.3 is 0 Å². The minimum atomic E-state index is -1.13. The normalized spacial score (nSPS) is 27.8. The van der Waals surface area contributed by atoms with Crippen LogP contribution in [0.4, 0.5) is 0 Å². The van der Waals surface area contributed by atoms with Crippen LogP contribution < -0.4 is 0 Å². The first kappa shape index (κ1) is 13.1. The third kappa shape index (κ3) is 1.98. The van der Waals surface area contributed by atoms with Gasteiger partial charge in [-0.3, -0.25) is 24.1 Å². The van der Waals surface area contributed by atoms with E-state index in [1.165, 1.54) is 20.8 Å². The maximum absolute atomic E-state index is 11.9. The first-order valence-electron chi connectivity index (χ1n) is 5.13. The average molecular weight is 235 g/mol. The van der Waals surface area contributed by atoms with Crippen molar-refractivity contribution in [1.82, 2.24) is 4.90 Å². The van der Waals surface area contributed by atoms with Gasteiger partial charge in [-0.05, 0) is 20.8 Å². The van der Waals surface area contributed by atoms with Crippen molar-refractivity contribution in [3.63, 3.8) is 0 Å². The fraction of sp³-hybridized carbons (Fsp3) is 0.500. The van der Waals surface area contributed by atoms with Gasteiger partial charge in [-0.1, -0.05) is 6.42 Å². The molecule has 1 saturated heterocycles. The van der Waals surface area contributed by atoms with E-state index in [2.05, 4.69) is 6.04 Å². The molecule has 1 aliphatic heterocycles. The van der Waals surface area contributed by atoms with Gasteiger partial charge in [0.25, 0.3) is 0 Å². The van der Waals surface area contributed by atoms with Crippen LogP contribution in [0.3, 0.4) is 0 Å². The molecule has 3 unspecified atom stereocenters. The zero-order chi connectivity index (χ0) is 13.3. The lowest BCUT2D eigenvalue weighted by molar-refractivity contribution is -0.137. The lowest BCUT2D eigenvalue weighted by Crippen LogP contribution is -2.39. The van der Waals surface area contributed by atoms with Crippen LogP contribution in [0.2, 0.25) is 0 Å². The fourth-order valence-electron chi connectivity index (χ4n) is 2.25. The number of nitrogens with zero attached hydrogens (tertiary/aromatic N) is 1. The van der Waals surface area contributed by atoms with Gasteiger partial charge in [-0.15, -0.1) is 0 Å². The predicted octanol–water partition coefficient (Wildman–Crippen LogP) is -0.213. The van der Waals surface area contributed by atoms with Crippen molar-refractivity contribution in [3.05, 3.63) is 0 Å². The van der Waals surface area contributed by atoms with Crippen LogP contribution in [0.1, 0.15) is 20.8 Å².